The number of benzene rings is 3. The number of nitrogens with zero attached hydrogens (tertiary/aromatic N) is 1. The zero-order valence-electron chi connectivity index (χ0n) is 16.5. The fourth-order valence-corrected chi connectivity index (χ4v) is 3.79. The van der Waals surface area contributed by atoms with E-state index in [2.05, 4.69) is 10.3 Å². The van der Waals surface area contributed by atoms with Gasteiger partial charge in [-0.25, -0.2) is 9.37 Å². The lowest BCUT2D eigenvalue weighted by atomic mass is 9.98. The first-order valence-corrected chi connectivity index (χ1v) is 10.2. The van der Waals surface area contributed by atoms with Crippen molar-refractivity contribution in [1.82, 2.24) is 4.98 Å². The van der Waals surface area contributed by atoms with Crippen molar-refractivity contribution in [2.45, 2.75) is 0 Å². The summed E-state index contributed by atoms with van der Waals surface area (Å²) in [5, 5.41) is 4.80. The van der Waals surface area contributed by atoms with E-state index in [9.17, 15) is 14.0 Å². The number of amides is 1. The van der Waals surface area contributed by atoms with Gasteiger partial charge in [-0.05, 0) is 24.3 Å². The first-order valence-electron chi connectivity index (χ1n) is 9.36. The summed E-state index contributed by atoms with van der Waals surface area (Å²) in [6.45, 7) is 0. The second kappa shape index (κ2) is 8.89. The van der Waals surface area contributed by atoms with Crippen LogP contribution in [0.1, 0.15) is 26.3 Å². The van der Waals surface area contributed by atoms with Crippen molar-refractivity contribution in [3.05, 3.63) is 101 Å². The van der Waals surface area contributed by atoms with E-state index >= 15 is 0 Å². The lowest BCUT2D eigenvalue weighted by Gasteiger charge is -2.08. The number of nitrogens with one attached hydrogen (secondary N) is 1. The molecule has 3 aromatic carbocycles. The molecule has 0 aliphatic heterocycles. The Morgan fingerprint density at radius 3 is 2.39 bits per heavy atom. The summed E-state index contributed by atoms with van der Waals surface area (Å²) in [6, 6.07) is 20.0. The van der Waals surface area contributed by atoms with Gasteiger partial charge in [0.15, 0.2) is 22.5 Å². The molecule has 7 heteroatoms. The molecular weight excluding hydrogens is 415 g/mol. The largest absolute Gasteiger partial charge is 0.494 e. The number of methoxy groups -OCH3 is 1. The van der Waals surface area contributed by atoms with Gasteiger partial charge in [-0.2, -0.15) is 0 Å². The van der Waals surface area contributed by atoms with E-state index in [-0.39, 0.29) is 17.1 Å². The lowest BCUT2D eigenvalue weighted by molar-refractivity contribution is 0.0996. The normalized spacial score (nSPS) is 10.5. The van der Waals surface area contributed by atoms with Crippen molar-refractivity contribution in [3.8, 4) is 17.0 Å². The molecular formula is C24H17FN2O3S. The molecule has 0 aliphatic rings. The van der Waals surface area contributed by atoms with Gasteiger partial charge in [0.05, 0.1) is 18.4 Å². The van der Waals surface area contributed by atoms with Crippen LogP contribution < -0.4 is 10.1 Å². The van der Waals surface area contributed by atoms with Crippen LogP contribution in [0.2, 0.25) is 0 Å². The van der Waals surface area contributed by atoms with Gasteiger partial charge in [0.2, 0.25) is 0 Å². The number of carbonyl (C=O) groups excluding carboxylic acids is 2. The van der Waals surface area contributed by atoms with Gasteiger partial charge in [0, 0.05) is 22.1 Å². The van der Waals surface area contributed by atoms with Gasteiger partial charge in [-0.15, -0.1) is 11.3 Å². The van der Waals surface area contributed by atoms with Gasteiger partial charge in [0.25, 0.3) is 5.91 Å². The van der Waals surface area contributed by atoms with Crippen molar-refractivity contribution in [2.24, 2.45) is 0 Å². The molecule has 0 fully saturated rings. The summed E-state index contributed by atoms with van der Waals surface area (Å²) >= 11 is 1.21. The van der Waals surface area contributed by atoms with E-state index < -0.39 is 11.7 Å². The first kappa shape index (κ1) is 20.4. The summed E-state index contributed by atoms with van der Waals surface area (Å²) in [4.78, 5) is 30.1. The Hall–Kier alpha value is -3.84. The zero-order valence-corrected chi connectivity index (χ0v) is 17.3. The van der Waals surface area contributed by atoms with Gasteiger partial charge >= 0.3 is 0 Å². The molecule has 31 heavy (non-hydrogen) atoms. The molecule has 1 N–H and O–H groups in total. The zero-order chi connectivity index (χ0) is 21.8. The Balaban J connectivity index is 1.56. The predicted octanol–water partition coefficient (Wildman–Crippen LogP) is 5.44. The average Bonchev–Trinajstić information content (AvgIpc) is 3.27. The highest BCUT2D eigenvalue weighted by Crippen LogP contribution is 2.29. The molecule has 0 spiro atoms. The third-order valence-corrected chi connectivity index (χ3v) is 5.38. The molecule has 0 atom stereocenters. The van der Waals surface area contributed by atoms with Crippen LogP contribution in [0.4, 0.5) is 9.52 Å². The molecule has 0 aliphatic carbocycles. The number of halogens is 1. The predicted molar refractivity (Wildman–Crippen MR) is 118 cm³/mol. The molecule has 0 saturated carbocycles. The quantitative estimate of drug-likeness (QED) is 0.412. The van der Waals surface area contributed by atoms with Crippen LogP contribution in [-0.2, 0) is 0 Å². The smallest absolute Gasteiger partial charge is 0.258 e. The molecule has 4 rings (SSSR count). The number of carbonyl (C=O) groups is 2. The van der Waals surface area contributed by atoms with Crippen LogP contribution in [0, 0.1) is 5.82 Å². The average molecular weight is 432 g/mol. The second-order valence-corrected chi connectivity index (χ2v) is 7.44. The topological polar surface area (TPSA) is 68.3 Å². The van der Waals surface area contributed by atoms with Gasteiger partial charge in [-0.3, -0.25) is 14.9 Å². The highest BCUT2D eigenvalue weighted by atomic mass is 32.1. The maximum Gasteiger partial charge on any atom is 0.258 e. The molecule has 1 heterocycles. The SMILES string of the molecule is COc1ccc(-c2csc(NC(=O)c3ccccc3C(=O)c3ccccc3)n2)cc1F. The second-order valence-electron chi connectivity index (χ2n) is 6.58. The summed E-state index contributed by atoms with van der Waals surface area (Å²) in [5.41, 5.74) is 2.15. The fraction of sp³-hybridized carbons (Fsp3) is 0.0417. The lowest BCUT2D eigenvalue weighted by Crippen LogP contribution is -2.16. The molecule has 0 unspecified atom stereocenters. The Morgan fingerprint density at radius 1 is 0.968 bits per heavy atom. The fourth-order valence-electron chi connectivity index (χ4n) is 3.08. The highest BCUT2D eigenvalue weighted by molar-refractivity contribution is 7.14. The van der Waals surface area contributed by atoms with Crippen molar-refractivity contribution in [3.63, 3.8) is 0 Å². The van der Waals surface area contributed by atoms with Crippen molar-refractivity contribution in [1.29, 1.82) is 0 Å². The Kier molecular flexibility index (Phi) is 5.86. The van der Waals surface area contributed by atoms with E-state index in [4.69, 9.17) is 4.74 Å². The van der Waals surface area contributed by atoms with Crippen LogP contribution in [-0.4, -0.2) is 23.8 Å². The minimum atomic E-state index is -0.494. The number of rotatable bonds is 6. The number of thiazole rings is 1. The molecule has 0 saturated heterocycles. The van der Waals surface area contributed by atoms with Crippen LogP contribution >= 0.6 is 11.3 Å². The maximum atomic E-state index is 14.0. The van der Waals surface area contributed by atoms with Crippen LogP contribution in [0.15, 0.2) is 78.2 Å². The molecule has 0 bridgehead atoms. The highest BCUT2D eigenvalue weighted by Gasteiger charge is 2.19. The first-order chi connectivity index (χ1) is 15.1. The summed E-state index contributed by atoms with van der Waals surface area (Å²) < 4.78 is 18.9. The van der Waals surface area contributed by atoms with Crippen LogP contribution in [0.25, 0.3) is 11.3 Å². The minimum Gasteiger partial charge on any atom is -0.494 e. The monoisotopic (exact) mass is 432 g/mol. The van der Waals surface area contributed by atoms with Gasteiger partial charge in [0.1, 0.15) is 0 Å². The van der Waals surface area contributed by atoms with Gasteiger partial charge < -0.3 is 4.74 Å². The third kappa shape index (κ3) is 4.36. The van der Waals surface area contributed by atoms with Crippen molar-refractivity contribution in [2.75, 3.05) is 12.4 Å². The van der Waals surface area contributed by atoms with Crippen molar-refractivity contribution < 1.29 is 18.7 Å². The number of aromatic nitrogens is 1. The van der Waals surface area contributed by atoms with E-state index in [1.807, 2.05) is 6.07 Å². The van der Waals surface area contributed by atoms with Crippen LogP contribution in [0.3, 0.4) is 0 Å². The number of hydrogen-bond acceptors (Lipinski definition) is 5. The molecule has 4 aromatic rings. The molecule has 1 aromatic heterocycles. The Labute approximate surface area is 182 Å². The van der Waals surface area contributed by atoms with E-state index in [0.717, 1.165) is 0 Å². The number of ether oxygens (including phenoxy) is 1. The van der Waals surface area contributed by atoms with Crippen LogP contribution in [0.5, 0.6) is 5.75 Å². The molecule has 1 amide bonds. The molecule has 5 nitrogen and oxygen atoms in total. The summed E-state index contributed by atoms with van der Waals surface area (Å²) in [7, 11) is 1.40. The maximum absolute atomic E-state index is 14.0. The van der Waals surface area contributed by atoms with Crippen molar-refractivity contribution >= 4 is 28.2 Å². The minimum absolute atomic E-state index is 0.146. The third-order valence-electron chi connectivity index (χ3n) is 4.62. The summed E-state index contributed by atoms with van der Waals surface area (Å²) in [5.74, 6) is -1.03. The Morgan fingerprint density at radius 2 is 1.68 bits per heavy atom. The molecule has 154 valence electrons. The van der Waals surface area contributed by atoms with E-state index in [1.165, 1.54) is 30.6 Å². The number of anilines is 1. The number of ketones is 1. The molecule has 0 radical (unpaired) electrons. The Bertz CT molecular complexity index is 1250. The van der Waals surface area contributed by atoms with E-state index in [1.54, 1.807) is 60.0 Å². The number of hydrogen-bond donors (Lipinski definition) is 1. The van der Waals surface area contributed by atoms with E-state index in [0.29, 0.717) is 27.5 Å². The van der Waals surface area contributed by atoms with Gasteiger partial charge in [-0.1, -0.05) is 48.5 Å². The summed E-state index contributed by atoms with van der Waals surface area (Å²) in [6.07, 6.45) is 0. The standard InChI is InChI=1S/C24H17FN2O3S/c1-30-21-12-11-16(13-19(21)25)20-14-31-24(26-20)27-23(29)18-10-6-5-9-17(18)22(28)15-7-3-2-4-8-15/h2-14H,1H3,(H,26,27,29).